The molecule has 0 spiro atoms. The van der Waals surface area contributed by atoms with E-state index < -0.39 is 34.5 Å². The van der Waals surface area contributed by atoms with E-state index in [2.05, 4.69) is 15.4 Å². The first-order valence-electron chi connectivity index (χ1n) is 9.19. The Morgan fingerprint density at radius 3 is 2.14 bits per heavy atom. The molecule has 29 heavy (non-hydrogen) atoms. The Balaban J connectivity index is 2.58. The van der Waals surface area contributed by atoms with Crippen molar-refractivity contribution in [2.45, 2.75) is 51.0 Å². The Morgan fingerprint density at radius 2 is 1.62 bits per heavy atom. The minimum Gasteiger partial charge on any atom is -0.454 e. The third kappa shape index (κ3) is 8.20. The van der Waals surface area contributed by atoms with Crippen LogP contribution in [-0.2, 0) is 34.6 Å². The maximum atomic E-state index is 12.4. The molecule has 1 rings (SSSR count). The third-order valence-corrected chi connectivity index (χ3v) is 5.44. The highest BCUT2D eigenvalue weighted by atomic mass is 32.2. The van der Waals surface area contributed by atoms with E-state index in [0.717, 1.165) is 5.56 Å². The molecule has 0 saturated heterocycles. The third-order valence-electron chi connectivity index (χ3n) is 3.88. The minimum absolute atomic E-state index is 0.0184. The molecule has 1 aromatic rings. The van der Waals surface area contributed by atoms with Gasteiger partial charge in [0.15, 0.2) is 6.61 Å². The molecule has 0 aliphatic rings. The molecular formula is C19H29N3O6S. The lowest BCUT2D eigenvalue weighted by molar-refractivity contribution is -0.149. The van der Waals surface area contributed by atoms with E-state index in [9.17, 15) is 22.8 Å². The van der Waals surface area contributed by atoms with E-state index in [4.69, 9.17) is 4.74 Å². The zero-order valence-corrected chi connectivity index (χ0v) is 18.2. The molecule has 1 aromatic carbocycles. The first-order chi connectivity index (χ1) is 13.4. The number of carbonyl (C=O) groups is 3. The van der Waals surface area contributed by atoms with Crippen molar-refractivity contribution in [3.05, 3.63) is 29.8 Å². The summed E-state index contributed by atoms with van der Waals surface area (Å²) >= 11 is 0. The highest BCUT2D eigenvalue weighted by Gasteiger charge is 2.24. The standard InChI is InChI=1S/C19H29N3O6S/c1-6-20-16(23)11-21-17(24)12-28-18(25)13(2)22-29(26,27)15-9-7-14(8-10-15)19(3,4)5/h7-10,13,22H,6,11-12H2,1-5H3,(H,20,23)(H,21,24)/t13-/m0/s1. The van der Waals surface area contributed by atoms with Gasteiger partial charge in [-0.1, -0.05) is 32.9 Å². The van der Waals surface area contributed by atoms with Gasteiger partial charge < -0.3 is 15.4 Å². The van der Waals surface area contributed by atoms with Crippen LogP contribution in [0.1, 0.15) is 40.2 Å². The van der Waals surface area contributed by atoms with Crippen LogP contribution in [0.25, 0.3) is 0 Å². The van der Waals surface area contributed by atoms with Crippen molar-refractivity contribution >= 4 is 27.8 Å². The summed E-state index contributed by atoms with van der Waals surface area (Å²) in [6, 6.07) is 5.18. The Bertz CT molecular complexity index is 828. The number of hydrogen-bond donors (Lipinski definition) is 3. The van der Waals surface area contributed by atoms with Crippen LogP contribution in [0.2, 0.25) is 0 Å². The second-order valence-corrected chi connectivity index (χ2v) is 9.17. The Hall–Kier alpha value is -2.46. The van der Waals surface area contributed by atoms with Gasteiger partial charge in [0.25, 0.3) is 5.91 Å². The summed E-state index contributed by atoms with van der Waals surface area (Å²) in [6.45, 7) is 8.67. The molecular weight excluding hydrogens is 398 g/mol. The van der Waals surface area contributed by atoms with Crippen molar-refractivity contribution in [1.82, 2.24) is 15.4 Å². The van der Waals surface area contributed by atoms with Crippen LogP contribution in [0.5, 0.6) is 0 Å². The molecule has 3 N–H and O–H groups in total. The quantitative estimate of drug-likeness (QED) is 0.491. The first-order valence-corrected chi connectivity index (χ1v) is 10.7. The first kappa shape index (κ1) is 24.6. The van der Waals surface area contributed by atoms with Crippen LogP contribution in [0.4, 0.5) is 0 Å². The van der Waals surface area contributed by atoms with E-state index >= 15 is 0 Å². The summed E-state index contributed by atoms with van der Waals surface area (Å²) in [4.78, 5) is 34.8. The SMILES string of the molecule is CCNC(=O)CNC(=O)COC(=O)[C@H](C)NS(=O)(=O)c1ccc(C(C)(C)C)cc1. The second kappa shape index (κ2) is 10.4. The molecule has 0 radical (unpaired) electrons. The zero-order chi connectivity index (χ0) is 22.2. The van der Waals surface area contributed by atoms with E-state index in [0.29, 0.717) is 6.54 Å². The number of hydrogen-bond acceptors (Lipinski definition) is 6. The van der Waals surface area contributed by atoms with Gasteiger partial charge in [0, 0.05) is 6.54 Å². The van der Waals surface area contributed by atoms with Gasteiger partial charge in [-0.3, -0.25) is 14.4 Å². The maximum absolute atomic E-state index is 12.4. The molecule has 162 valence electrons. The van der Waals surface area contributed by atoms with Crippen LogP contribution < -0.4 is 15.4 Å². The van der Waals surface area contributed by atoms with Crippen molar-refractivity contribution < 1.29 is 27.5 Å². The van der Waals surface area contributed by atoms with Gasteiger partial charge in [-0.2, -0.15) is 4.72 Å². The average molecular weight is 428 g/mol. The Morgan fingerprint density at radius 1 is 1.03 bits per heavy atom. The highest BCUT2D eigenvalue weighted by molar-refractivity contribution is 7.89. The molecule has 2 amide bonds. The lowest BCUT2D eigenvalue weighted by Crippen LogP contribution is -2.42. The number of esters is 1. The van der Waals surface area contributed by atoms with E-state index in [-0.39, 0.29) is 22.8 Å². The van der Waals surface area contributed by atoms with Gasteiger partial charge in [-0.05, 0) is 37.0 Å². The molecule has 0 heterocycles. The molecule has 10 heteroatoms. The van der Waals surface area contributed by atoms with Gasteiger partial charge in [-0.15, -0.1) is 0 Å². The Kier molecular flexibility index (Phi) is 8.78. The summed E-state index contributed by atoms with van der Waals surface area (Å²) in [6.07, 6.45) is 0. The number of benzene rings is 1. The van der Waals surface area contributed by atoms with Crippen molar-refractivity contribution in [2.75, 3.05) is 19.7 Å². The molecule has 0 unspecified atom stereocenters. The number of rotatable bonds is 9. The predicted molar refractivity (Wildman–Crippen MR) is 108 cm³/mol. The number of ether oxygens (including phenoxy) is 1. The number of nitrogens with one attached hydrogen (secondary N) is 3. The van der Waals surface area contributed by atoms with Crippen molar-refractivity contribution in [3.8, 4) is 0 Å². The van der Waals surface area contributed by atoms with Gasteiger partial charge >= 0.3 is 5.97 Å². The number of amides is 2. The minimum atomic E-state index is -3.94. The second-order valence-electron chi connectivity index (χ2n) is 7.46. The van der Waals surface area contributed by atoms with Gasteiger partial charge in [0.1, 0.15) is 6.04 Å². The van der Waals surface area contributed by atoms with Gasteiger partial charge in [0.2, 0.25) is 15.9 Å². The lowest BCUT2D eigenvalue weighted by atomic mass is 9.87. The zero-order valence-electron chi connectivity index (χ0n) is 17.4. The van der Waals surface area contributed by atoms with Crippen LogP contribution in [0, 0.1) is 0 Å². The van der Waals surface area contributed by atoms with Gasteiger partial charge in [0.05, 0.1) is 11.4 Å². The molecule has 0 saturated carbocycles. The number of carbonyl (C=O) groups excluding carboxylic acids is 3. The summed E-state index contributed by atoms with van der Waals surface area (Å²) in [5.41, 5.74) is 0.854. The summed E-state index contributed by atoms with van der Waals surface area (Å²) in [5.74, 6) is -1.95. The Labute approximate surface area is 171 Å². The molecule has 1 atom stereocenters. The monoisotopic (exact) mass is 427 g/mol. The van der Waals surface area contributed by atoms with Crippen LogP contribution in [-0.4, -0.2) is 51.9 Å². The van der Waals surface area contributed by atoms with Crippen LogP contribution in [0.15, 0.2) is 29.2 Å². The summed E-state index contributed by atoms with van der Waals surface area (Å²) in [5, 5.41) is 4.78. The molecule has 0 bridgehead atoms. The molecule has 9 nitrogen and oxygen atoms in total. The summed E-state index contributed by atoms with van der Waals surface area (Å²) in [7, 11) is -3.94. The van der Waals surface area contributed by atoms with E-state index in [1.165, 1.54) is 19.1 Å². The predicted octanol–water partition coefficient (Wildman–Crippen LogP) is 0.446. The average Bonchev–Trinajstić information content (AvgIpc) is 2.63. The number of sulfonamides is 1. The van der Waals surface area contributed by atoms with Crippen molar-refractivity contribution in [2.24, 2.45) is 0 Å². The van der Waals surface area contributed by atoms with Crippen molar-refractivity contribution in [3.63, 3.8) is 0 Å². The fourth-order valence-electron chi connectivity index (χ4n) is 2.23. The molecule has 0 aromatic heterocycles. The summed E-state index contributed by atoms with van der Waals surface area (Å²) < 4.78 is 31.9. The van der Waals surface area contributed by atoms with E-state index in [1.807, 2.05) is 20.8 Å². The topological polar surface area (TPSA) is 131 Å². The normalized spacial score (nSPS) is 12.7. The van der Waals surface area contributed by atoms with Crippen LogP contribution in [0.3, 0.4) is 0 Å². The van der Waals surface area contributed by atoms with Gasteiger partial charge in [-0.25, -0.2) is 8.42 Å². The lowest BCUT2D eigenvalue weighted by Gasteiger charge is -2.19. The largest absolute Gasteiger partial charge is 0.454 e. The van der Waals surface area contributed by atoms with E-state index in [1.54, 1.807) is 19.1 Å². The molecule has 0 fully saturated rings. The van der Waals surface area contributed by atoms with Crippen LogP contribution >= 0.6 is 0 Å². The van der Waals surface area contributed by atoms with Crippen molar-refractivity contribution in [1.29, 1.82) is 0 Å². The fraction of sp³-hybridized carbons (Fsp3) is 0.526. The molecule has 0 aliphatic heterocycles. The molecule has 0 aliphatic carbocycles. The maximum Gasteiger partial charge on any atom is 0.324 e. The smallest absolute Gasteiger partial charge is 0.324 e. The number of likely N-dealkylation sites (N-methyl/N-ethyl adjacent to an activating group) is 1. The highest BCUT2D eigenvalue weighted by Crippen LogP contribution is 2.23. The fourth-order valence-corrected chi connectivity index (χ4v) is 3.43.